The maximum absolute atomic E-state index is 10.7. The summed E-state index contributed by atoms with van der Waals surface area (Å²) in [5.41, 5.74) is 6.98. The van der Waals surface area contributed by atoms with Gasteiger partial charge in [0.05, 0.1) is 0 Å². The van der Waals surface area contributed by atoms with Gasteiger partial charge in [-0.25, -0.2) is 4.79 Å². The first kappa shape index (κ1) is 11.0. The molecule has 3 nitrogen and oxygen atoms in total. The molecular weight excluding hydrogens is 268 g/mol. The van der Waals surface area contributed by atoms with Crippen molar-refractivity contribution in [1.82, 2.24) is 5.32 Å². The zero-order valence-corrected chi connectivity index (χ0v) is 10.1. The molecule has 0 spiro atoms. The number of rotatable bonds is 2. The SMILES string of the molecule is NC(=O)NC1=CC(c2ccc(Br)cc2)C=C1. The lowest BCUT2D eigenvalue weighted by atomic mass is 10.0. The van der Waals surface area contributed by atoms with Gasteiger partial charge in [-0.15, -0.1) is 0 Å². The van der Waals surface area contributed by atoms with Crippen molar-refractivity contribution >= 4 is 22.0 Å². The summed E-state index contributed by atoms with van der Waals surface area (Å²) in [4.78, 5) is 10.7. The minimum atomic E-state index is -0.535. The molecule has 0 heterocycles. The Hall–Kier alpha value is -1.55. The fourth-order valence-electron chi connectivity index (χ4n) is 1.63. The Kier molecular flexibility index (Phi) is 3.10. The number of primary amides is 1. The second-order valence-electron chi connectivity index (χ2n) is 3.55. The minimum absolute atomic E-state index is 0.204. The number of hydrogen-bond acceptors (Lipinski definition) is 1. The summed E-state index contributed by atoms with van der Waals surface area (Å²) in [6.07, 6.45) is 5.85. The van der Waals surface area contributed by atoms with Gasteiger partial charge in [-0.2, -0.15) is 0 Å². The van der Waals surface area contributed by atoms with Crippen LogP contribution in [0.1, 0.15) is 11.5 Å². The van der Waals surface area contributed by atoms with Gasteiger partial charge in [-0.05, 0) is 29.8 Å². The molecule has 0 saturated carbocycles. The summed E-state index contributed by atoms with van der Waals surface area (Å²) >= 11 is 3.39. The van der Waals surface area contributed by atoms with E-state index < -0.39 is 6.03 Å². The third-order valence-electron chi connectivity index (χ3n) is 2.36. The van der Waals surface area contributed by atoms with Crippen molar-refractivity contribution in [2.24, 2.45) is 5.73 Å². The predicted octanol–water partition coefficient (Wildman–Crippen LogP) is 2.65. The molecule has 0 aliphatic heterocycles. The average molecular weight is 279 g/mol. The van der Waals surface area contributed by atoms with Gasteiger partial charge in [0, 0.05) is 16.1 Å². The number of nitrogens with one attached hydrogen (secondary N) is 1. The zero-order valence-electron chi connectivity index (χ0n) is 8.48. The van der Waals surface area contributed by atoms with Gasteiger partial charge in [0.1, 0.15) is 0 Å². The van der Waals surface area contributed by atoms with E-state index in [-0.39, 0.29) is 5.92 Å². The number of hydrogen-bond donors (Lipinski definition) is 2. The number of amides is 2. The molecule has 0 fully saturated rings. The lowest BCUT2D eigenvalue weighted by Crippen LogP contribution is -2.27. The van der Waals surface area contributed by atoms with Gasteiger partial charge < -0.3 is 11.1 Å². The van der Waals surface area contributed by atoms with Crippen LogP contribution in [0.3, 0.4) is 0 Å². The lowest BCUT2D eigenvalue weighted by molar-refractivity contribution is 0.251. The third-order valence-corrected chi connectivity index (χ3v) is 2.89. The summed E-state index contributed by atoms with van der Waals surface area (Å²) in [5, 5.41) is 2.56. The third kappa shape index (κ3) is 2.52. The molecule has 2 amide bonds. The number of halogens is 1. The van der Waals surface area contributed by atoms with Crippen LogP contribution in [-0.4, -0.2) is 6.03 Å². The molecule has 2 rings (SSSR count). The second-order valence-corrected chi connectivity index (χ2v) is 4.46. The minimum Gasteiger partial charge on any atom is -0.351 e. The van der Waals surface area contributed by atoms with Crippen LogP contribution in [-0.2, 0) is 0 Å². The molecule has 1 atom stereocenters. The highest BCUT2D eigenvalue weighted by Gasteiger charge is 2.12. The van der Waals surface area contributed by atoms with E-state index in [4.69, 9.17) is 5.73 Å². The van der Waals surface area contributed by atoms with E-state index in [2.05, 4.69) is 21.2 Å². The number of carbonyl (C=O) groups excluding carboxylic acids is 1. The Balaban J connectivity index is 2.14. The van der Waals surface area contributed by atoms with Gasteiger partial charge in [-0.3, -0.25) is 0 Å². The van der Waals surface area contributed by atoms with Crippen molar-refractivity contribution in [3.8, 4) is 0 Å². The van der Waals surface area contributed by atoms with Gasteiger partial charge in [-0.1, -0.05) is 34.1 Å². The molecule has 0 saturated heterocycles. The number of benzene rings is 1. The molecule has 82 valence electrons. The quantitative estimate of drug-likeness (QED) is 0.859. The van der Waals surface area contributed by atoms with E-state index in [1.165, 1.54) is 5.56 Å². The highest BCUT2D eigenvalue weighted by Crippen LogP contribution is 2.26. The standard InChI is InChI=1S/C12H11BrN2O/c13-10-4-1-8(2-5-10)9-3-6-11(7-9)15-12(14)16/h1-7,9H,(H3,14,15,16). The van der Waals surface area contributed by atoms with Gasteiger partial charge in [0.15, 0.2) is 0 Å². The van der Waals surface area contributed by atoms with E-state index in [9.17, 15) is 4.79 Å². The van der Waals surface area contributed by atoms with Gasteiger partial charge in [0.2, 0.25) is 0 Å². The van der Waals surface area contributed by atoms with Crippen molar-refractivity contribution in [3.63, 3.8) is 0 Å². The largest absolute Gasteiger partial charge is 0.351 e. The molecule has 1 unspecified atom stereocenters. The molecule has 1 aromatic rings. The van der Waals surface area contributed by atoms with E-state index in [0.29, 0.717) is 0 Å². The van der Waals surface area contributed by atoms with Crippen LogP contribution in [0.15, 0.2) is 52.7 Å². The molecule has 3 N–H and O–H groups in total. The highest BCUT2D eigenvalue weighted by atomic mass is 79.9. The molecule has 0 bridgehead atoms. The normalized spacial score (nSPS) is 18.3. The van der Waals surface area contributed by atoms with Crippen molar-refractivity contribution < 1.29 is 4.79 Å². The number of allylic oxidation sites excluding steroid dienone is 3. The fraction of sp³-hybridized carbons (Fsp3) is 0.0833. The van der Waals surface area contributed by atoms with Crippen LogP contribution in [0.25, 0.3) is 0 Å². The smallest absolute Gasteiger partial charge is 0.316 e. The van der Waals surface area contributed by atoms with E-state index in [1.54, 1.807) is 0 Å². The monoisotopic (exact) mass is 278 g/mol. The van der Waals surface area contributed by atoms with Crippen LogP contribution in [0.2, 0.25) is 0 Å². The van der Waals surface area contributed by atoms with Crippen molar-refractivity contribution in [1.29, 1.82) is 0 Å². The molecule has 0 aromatic heterocycles. The van der Waals surface area contributed by atoms with Crippen molar-refractivity contribution in [2.45, 2.75) is 5.92 Å². The van der Waals surface area contributed by atoms with Crippen LogP contribution < -0.4 is 11.1 Å². The molecular formula is C12H11BrN2O. The summed E-state index contributed by atoms with van der Waals surface area (Å²) in [6, 6.07) is 7.55. The molecule has 1 aliphatic rings. The van der Waals surface area contributed by atoms with Gasteiger partial charge in [0.25, 0.3) is 0 Å². The Labute approximate surface area is 102 Å². The van der Waals surface area contributed by atoms with Crippen molar-refractivity contribution in [3.05, 3.63) is 58.2 Å². The number of nitrogens with two attached hydrogens (primary N) is 1. The molecule has 16 heavy (non-hydrogen) atoms. The number of carbonyl (C=O) groups is 1. The second kappa shape index (κ2) is 4.53. The maximum Gasteiger partial charge on any atom is 0.316 e. The Morgan fingerprint density at radius 1 is 1.31 bits per heavy atom. The van der Waals surface area contributed by atoms with E-state index in [0.717, 1.165) is 10.2 Å². The topological polar surface area (TPSA) is 55.1 Å². The van der Waals surface area contributed by atoms with Gasteiger partial charge >= 0.3 is 6.03 Å². The maximum atomic E-state index is 10.7. The summed E-state index contributed by atoms with van der Waals surface area (Å²) < 4.78 is 1.05. The summed E-state index contributed by atoms with van der Waals surface area (Å²) in [7, 11) is 0. The highest BCUT2D eigenvalue weighted by molar-refractivity contribution is 9.10. The molecule has 4 heteroatoms. The Bertz CT molecular complexity index is 462. The number of urea groups is 1. The first-order chi connectivity index (χ1) is 7.65. The average Bonchev–Trinajstić information content (AvgIpc) is 2.66. The van der Waals surface area contributed by atoms with E-state index >= 15 is 0 Å². The van der Waals surface area contributed by atoms with Crippen LogP contribution in [0.5, 0.6) is 0 Å². The van der Waals surface area contributed by atoms with Crippen molar-refractivity contribution in [2.75, 3.05) is 0 Å². The lowest BCUT2D eigenvalue weighted by Gasteiger charge is -2.05. The predicted molar refractivity (Wildman–Crippen MR) is 66.8 cm³/mol. The first-order valence-corrected chi connectivity index (χ1v) is 5.66. The molecule has 0 radical (unpaired) electrons. The summed E-state index contributed by atoms with van der Waals surface area (Å²) in [6.45, 7) is 0. The molecule has 1 aliphatic carbocycles. The van der Waals surface area contributed by atoms with Crippen LogP contribution in [0.4, 0.5) is 4.79 Å². The zero-order chi connectivity index (χ0) is 11.5. The van der Waals surface area contributed by atoms with Crippen LogP contribution in [0, 0.1) is 0 Å². The van der Waals surface area contributed by atoms with E-state index in [1.807, 2.05) is 42.5 Å². The Morgan fingerprint density at radius 2 is 2.00 bits per heavy atom. The first-order valence-electron chi connectivity index (χ1n) is 4.87. The van der Waals surface area contributed by atoms with Crippen LogP contribution >= 0.6 is 15.9 Å². The fourth-order valence-corrected chi connectivity index (χ4v) is 1.89. The summed E-state index contributed by atoms with van der Waals surface area (Å²) in [5.74, 6) is 0.204. The Morgan fingerprint density at radius 3 is 2.62 bits per heavy atom. The molecule has 1 aromatic carbocycles.